The van der Waals surface area contributed by atoms with Crippen molar-refractivity contribution < 1.29 is 13.2 Å². The predicted molar refractivity (Wildman–Crippen MR) is 70.0 cm³/mol. The van der Waals surface area contributed by atoms with Crippen molar-refractivity contribution in [3.63, 3.8) is 0 Å². The summed E-state index contributed by atoms with van der Waals surface area (Å²) in [5.41, 5.74) is 0. The van der Waals surface area contributed by atoms with Crippen molar-refractivity contribution in [2.45, 2.75) is 38.4 Å². The summed E-state index contributed by atoms with van der Waals surface area (Å²) in [6.07, 6.45) is 2.26. The number of hydrogen-bond donors (Lipinski definition) is 1. The van der Waals surface area contributed by atoms with Gasteiger partial charge >= 0.3 is 0 Å². The summed E-state index contributed by atoms with van der Waals surface area (Å²) >= 11 is 0. The van der Waals surface area contributed by atoms with E-state index in [0.717, 1.165) is 25.9 Å². The van der Waals surface area contributed by atoms with E-state index in [1.807, 2.05) is 0 Å². The zero-order chi connectivity index (χ0) is 12.9. The second-order valence-electron chi connectivity index (χ2n) is 5.70. The molecule has 102 valence electrons. The summed E-state index contributed by atoms with van der Waals surface area (Å²) in [5.74, 6) is 0.718. The average Bonchev–Trinajstić information content (AvgIpc) is 2.24. The summed E-state index contributed by atoms with van der Waals surface area (Å²) < 4.78 is 28.4. The number of rotatable bonds is 5. The van der Waals surface area contributed by atoms with Crippen LogP contribution in [0, 0.1) is 5.92 Å². The molecule has 1 fully saturated rings. The minimum atomic E-state index is -3.04. The van der Waals surface area contributed by atoms with Crippen LogP contribution in [0.5, 0.6) is 0 Å². The van der Waals surface area contributed by atoms with E-state index in [1.165, 1.54) is 0 Å². The molecule has 0 bridgehead atoms. The summed E-state index contributed by atoms with van der Waals surface area (Å²) in [4.78, 5) is 0. The standard InChI is InChI=1S/C12H25NO3S/c1-12(2,3)17(14,15)9-8-16-10-11-4-6-13-7-5-11/h11,13H,4-10H2,1-3H3. The fourth-order valence-corrected chi connectivity index (χ4v) is 2.72. The maximum absolute atomic E-state index is 11.8. The molecule has 1 heterocycles. The van der Waals surface area contributed by atoms with Crippen LogP contribution in [0.3, 0.4) is 0 Å². The van der Waals surface area contributed by atoms with Crippen molar-refractivity contribution in [1.29, 1.82) is 0 Å². The number of nitrogens with one attached hydrogen (secondary N) is 1. The molecule has 1 aliphatic heterocycles. The van der Waals surface area contributed by atoms with Crippen LogP contribution in [0.25, 0.3) is 0 Å². The second-order valence-corrected chi connectivity index (χ2v) is 8.56. The van der Waals surface area contributed by atoms with Gasteiger partial charge in [0.2, 0.25) is 0 Å². The summed E-state index contributed by atoms with van der Waals surface area (Å²) in [6.45, 7) is 8.31. The average molecular weight is 263 g/mol. The van der Waals surface area contributed by atoms with Gasteiger partial charge in [0.15, 0.2) is 9.84 Å². The quantitative estimate of drug-likeness (QED) is 0.758. The minimum absolute atomic E-state index is 0.126. The molecule has 4 nitrogen and oxygen atoms in total. The number of ether oxygens (including phenoxy) is 1. The van der Waals surface area contributed by atoms with Crippen molar-refractivity contribution in [2.24, 2.45) is 5.92 Å². The van der Waals surface area contributed by atoms with Gasteiger partial charge < -0.3 is 10.1 Å². The molecule has 1 aliphatic rings. The zero-order valence-corrected chi connectivity index (χ0v) is 12.0. The number of hydrogen-bond acceptors (Lipinski definition) is 4. The highest BCUT2D eigenvalue weighted by Crippen LogP contribution is 2.16. The maximum atomic E-state index is 11.8. The molecular formula is C12H25NO3S. The van der Waals surface area contributed by atoms with Crippen molar-refractivity contribution in [2.75, 3.05) is 32.1 Å². The zero-order valence-electron chi connectivity index (χ0n) is 11.2. The van der Waals surface area contributed by atoms with Crippen LogP contribution in [0.4, 0.5) is 0 Å². The molecule has 0 unspecified atom stereocenters. The van der Waals surface area contributed by atoms with E-state index >= 15 is 0 Å². The predicted octanol–water partition coefficient (Wildman–Crippen LogP) is 1.22. The van der Waals surface area contributed by atoms with Crippen LogP contribution in [-0.4, -0.2) is 45.2 Å². The van der Waals surface area contributed by atoms with Gasteiger partial charge in [0.25, 0.3) is 0 Å². The van der Waals surface area contributed by atoms with E-state index in [4.69, 9.17) is 4.74 Å². The molecular weight excluding hydrogens is 238 g/mol. The largest absolute Gasteiger partial charge is 0.380 e. The highest BCUT2D eigenvalue weighted by atomic mass is 32.2. The highest BCUT2D eigenvalue weighted by Gasteiger charge is 2.28. The Morgan fingerprint density at radius 3 is 2.35 bits per heavy atom. The molecule has 0 amide bonds. The molecule has 0 aliphatic carbocycles. The third-order valence-corrected chi connectivity index (χ3v) is 5.81. The molecule has 0 atom stereocenters. The Morgan fingerprint density at radius 1 is 1.24 bits per heavy atom. The van der Waals surface area contributed by atoms with Crippen molar-refractivity contribution in [3.8, 4) is 0 Å². The molecule has 1 rings (SSSR count). The van der Waals surface area contributed by atoms with E-state index in [9.17, 15) is 8.42 Å². The van der Waals surface area contributed by atoms with Gasteiger partial charge in [0.1, 0.15) is 0 Å². The Hall–Kier alpha value is -0.130. The lowest BCUT2D eigenvalue weighted by Crippen LogP contribution is -2.33. The Balaban J connectivity index is 2.19. The minimum Gasteiger partial charge on any atom is -0.380 e. The molecule has 1 N–H and O–H groups in total. The van der Waals surface area contributed by atoms with E-state index in [1.54, 1.807) is 20.8 Å². The molecule has 0 radical (unpaired) electrons. The van der Waals surface area contributed by atoms with E-state index in [0.29, 0.717) is 19.1 Å². The topological polar surface area (TPSA) is 55.4 Å². The van der Waals surface area contributed by atoms with Crippen LogP contribution in [0.15, 0.2) is 0 Å². The Labute approximate surface area is 105 Å². The third-order valence-electron chi connectivity index (χ3n) is 3.24. The fourth-order valence-electron chi connectivity index (χ4n) is 1.77. The fraction of sp³-hybridized carbons (Fsp3) is 1.00. The van der Waals surface area contributed by atoms with Crippen LogP contribution in [-0.2, 0) is 14.6 Å². The molecule has 0 saturated carbocycles. The second kappa shape index (κ2) is 6.16. The van der Waals surface area contributed by atoms with Crippen LogP contribution in [0.2, 0.25) is 0 Å². The van der Waals surface area contributed by atoms with Gasteiger partial charge in [0, 0.05) is 6.61 Å². The molecule has 0 aromatic heterocycles. The SMILES string of the molecule is CC(C)(C)S(=O)(=O)CCOCC1CCNCC1. The van der Waals surface area contributed by atoms with Gasteiger partial charge in [0.05, 0.1) is 17.1 Å². The molecule has 17 heavy (non-hydrogen) atoms. The smallest absolute Gasteiger partial charge is 0.157 e. The molecule has 1 saturated heterocycles. The molecule has 0 aromatic carbocycles. The lowest BCUT2D eigenvalue weighted by molar-refractivity contribution is 0.0986. The first-order chi connectivity index (χ1) is 7.83. The summed E-state index contributed by atoms with van der Waals surface area (Å²) in [6, 6.07) is 0. The van der Waals surface area contributed by atoms with Crippen LogP contribution >= 0.6 is 0 Å². The number of sulfone groups is 1. The first-order valence-corrected chi connectivity index (χ1v) is 7.99. The van der Waals surface area contributed by atoms with Gasteiger partial charge in [-0.15, -0.1) is 0 Å². The number of piperidine rings is 1. The normalized spacial score (nSPS) is 19.5. The van der Waals surface area contributed by atoms with E-state index < -0.39 is 14.6 Å². The lowest BCUT2D eigenvalue weighted by Gasteiger charge is -2.23. The monoisotopic (exact) mass is 263 g/mol. The highest BCUT2D eigenvalue weighted by molar-refractivity contribution is 7.92. The Bertz CT molecular complexity index is 313. The molecule has 0 spiro atoms. The van der Waals surface area contributed by atoms with Gasteiger partial charge in [-0.05, 0) is 52.6 Å². The van der Waals surface area contributed by atoms with Crippen molar-refractivity contribution in [1.82, 2.24) is 5.32 Å². The molecule has 0 aromatic rings. The third kappa shape index (κ3) is 4.94. The van der Waals surface area contributed by atoms with Gasteiger partial charge in [-0.25, -0.2) is 8.42 Å². The first-order valence-electron chi connectivity index (χ1n) is 6.34. The summed E-state index contributed by atoms with van der Waals surface area (Å²) in [7, 11) is -3.04. The van der Waals surface area contributed by atoms with Crippen molar-refractivity contribution in [3.05, 3.63) is 0 Å². The summed E-state index contributed by atoms with van der Waals surface area (Å²) in [5, 5.41) is 3.30. The van der Waals surface area contributed by atoms with Gasteiger partial charge in [-0.2, -0.15) is 0 Å². The Kier molecular flexibility index (Phi) is 5.41. The van der Waals surface area contributed by atoms with Gasteiger partial charge in [-0.3, -0.25) is 0 Å². The van der Waals surface area contributed by atoms with Crippen molar-refractivity contribution >= 4 is 9.84 Å². The van der Waals surface area contributed by atoms with Gasteiger partial charge in [-0.1, -0.05) is 0 Å². The van der Waals surface area contributed by atoms with Crippen LogP contribution in [0.1, 0.15) is 33.6 Å². The lowest BCUT2D eigenvalue weighted by atomic mass is 9.99. The van der Waals surface area contributed by atoms with E-state index in [-0.39, 0.29) is 5.75 Å². The van der Waals surface area contributed by atoms with Crippen LogP contribution < -0.4 is 5.32 Å². The maximum Gasteiger partial charge on any atom is 0.157 e. The first kappa shape index (κ1) is 14.9. The van der Waals surface area contributed by atoms with E-state index in [2.05, 4.69) is 5.32 Å². The molecule has 5 heteroatoms. The Morgan fingerprint density at radius 2 is 1.82 bits per heavy atom.